The highest BCUT2D eigenvalue weighted by atomic mass is 19.1. The number of rotatable bonds is 3. The van der Waals surface area contributed by atoms with Crippen molar-refractivity contribution < 1.29 is 13.7 Å². The van der Waals surface area contributed by atoms with E-state index in [0.717, 1.165) is 18.4 Å². The molecule has 0 spiro atoms. The van der Waals surface area contributed by atoms with Gasteiger partial charge >= 0.3 is 6.03 Å². The minimum atomic E-state index is -0.398. The van der Waals surface area contributed by atoms with Crippen LogP contribution in [0.1, 0.15) is 24.8 Å². The van der Waals surface area contributed by atoms with E-state index in [4.69, 9.17) is 4.52 Å². The summed E-state index contributed by atoms with van der Waals surface area (Å²) in [4.78, 5) is 18.7. The van der Waals surface area contributed by atoms with Crippen LogP contribution in [-0.2, 0) is 0 Å². The summed E-state index contributed by atoms with van der Waals surface area (Å²) >= 11 is 0. The molecule has 4 rings (SSSR count). The highest BCUT2D eigenvalue weighted by Gasteiger charge is 2.34. The second-order valence-corrected chi connectivity index (χ2v) is 6.11. The molecule has 2 aromatic carbocycles. The normalized spacial score (nSPS) is 16.7. The van der Waals surface area contributed by atoms with Crippen LogP contribution in [0.25, 0.3) is 11.4 Å². The van der Waals surface area contributed by atoms with Crippen LogP contribution in [0, 0.1) is 5.82 Å². The quantitative estimate of drug-likeness (QED) is 0.765. The Labute approximate surface area is 149 Å². The number of likely N-dealkylation sites (tertiary alicyclic amines) is 1. The first-order valence-electron chi connectivity index (χ1n) is 8.43. The van der Waals surface area contributed by atoms with Crippen LogP contribution in [0.3, 0.4) is 0 Å². The third kappa shape index (κ3) is 3.28. The van der Waals surface area contributed by atoms with Crippen LogP contribution in [0.2, 0.25) is 0 Å². The average Bonchev–Trinajstić information content (AvgIpc) is 3.32. The van der Waals surface area contributed by atoms with E-state index < -0.39 is 5.82 Å². The number of halogens is 1. The zero-order valence-electron chi connectivity index (χ0n) is 13.9. The largest absolute Gasteiger partial charge is 0.337 e. The van der Waals surface area contributed by atoms with E-state index in [2.05, 4.69) is 15.5 Å². The Hall–Kier alpha value is -3.22. The third-order valence-corrected chi connectivity index (χ3v) is 4.35. The molecule has 0 radical (unpaired) electrons. The van der Waals surface area contributed by atoms with Gasteiger partial charge in [-0.1, -0.05) is 41.6 Å². The number of amides is 2. The van der Waals surface area contributed by atoms with Gasteiger partial charge in [-0.15, -0.1) is 0 Å². The molecule has 1 saturated heterocycles. The highest BCUT2D eigenvalue weighted by molar-refractivity contribution is 5.89. The number of urea groups is 1. The summed E-state index contributed by atoms with van der Waals surface area (Å²) in [5, 5.41) is 6.75. The molecule has 1 N–H and O–H groups in total. The molecule has 6 nitrogen and oxygen atoms in total. The Kier molecular flexibility index (Phi) is 4.35. The maximum atomic E-state index is 13.3. The van der Waals surface area contributed by atoms with Crippen molar-refractivity contribution in [1.29, 1.82) is 0 Å². The summed E-state index contributed by atoms with van der Waals surface area (Å²) in [6, 6.07) is 14.7. The van der Waals surface area contributed by atoms with Gasteiger partial charge in [0.2, 0.25) is 11.7 Å². The molecule has 1 aromatic heterocycles. The molecule has 0 saturated carbocycles. The smallest absolute Gasteiger partial charge is 0.322 e. The first-order chi connectivity index (χ1) is 12.7. The summed E-state index contributed by atoms with van der Waals surface area (Å²) in [5.74, 6) is 0.513. The standard InChI is InChI=1S/C19H17FN4O2/c20-14-8-4-9-15(12-14)21-19(25)24-11-5-10-16(24)18-22-17(23-26-18)13-6-2-1-3-7-13/h1-4,6-9,12,16H,5,10-11H2,(H,21,25). The molecular weight excluding hydrogens is 335 g/mol. The van der Waals surface area contributed by atoms with Crippen LogP contribution >= 0.6 is 0 Å². The zero-order valence-corrected chi connectivity index (χ0v) is 13.9. The van der Waals surface area contributed by atoms with Gasteiger partial charge in [-0.3, -0.25) is 0 Å². The number of hydrogen-bond acceptors (Lipinski definition) is 4. The van der Waals surface area contributed by atoms with E-state index in [1.54, 1.807) is 17.0 Å². The molecule has 1 atom stereocenters. The molecule has 132 valence electrons. The molecule has 2 amide bonds. The van der Waals surface area contributed by atoms with Gasteiger partial charge < -0.3 is 14.7 Å². The number of carbonyl (C=O) groups excluding carboxylic acids is 1. The van der Waals surface area contributed by atoms with E-state index in [0.29, 0.717) is 23.9 Å². The SMILES string of the molecule is O=C(Nc1cccc(F)c1)N1CCCC1c1nc(-c2ccccc2)no1. The maximum Gasteiger partial charge on any atom is 0.322 e. The van der Waals surface area contributed by atoms with Crippen molar-refractivity contribution in [3.05, 3.63) is 66.3 Å². The molecule has 26 heavy (non-hydrogen) atoms. The number of benzene rings is 2. The second-order valence-electron chi connectivity index (χ2n) is 6.11. The van der Waals surface area contributed by atoms with Gasteiger partial charge in [0.1, 0.15) is 11.9 Å². The predicted octanol–water partition coefficient (Wildman–Crippen LogP) is 4.24. The lowest BCUT2D eigenvalue weighted by atomic mass is 10.2. The molecule has 1 unspecified atom stereocenters. The molecule has 0 aliphatic carbocycles. The minimum Gasteiger partial charge on any atom is -0.337 e. The van der Waals surface area contributed by atoms with Gasteiger partial charge in [-0.2, -0.15) is 4.98 Å². The van der Waals surface area contributed by atoms with Gasteiger partial charge in [0, 0.05) is 17.8 Å². The van der Waals surface area contributed by atoms with Gasteiger partial charge in [0.15, 0.2) is 0 Å². The van der Waals surface area contributed by atoms with E-state index in [-0.39, 0.29) is 12.1 Å². The summed E-state index contributed by atoms with van der Waals surface area (Å²) < 4.78 is 18.7. The summed E-state index contributed by atoms with van der Waals surface area (Å²) in [7, 11) is 0. The zero-order chi connectivity index (χ0) is 17.9. The van der Waals surface area contributed by atoms with E-state index in [1.165, 1.54) is 12.1 Å². The molecule has 0 bridgehead atoms. The molecule has 2 heterocycles. The number of nitrogens with zero attached hydrogens (tertiary/aromatic N) is 3. The van der Waals surface area contributed by atoms with E-state index >= 15 is 0 Å². The topological polar surface area (TPSA) is 71.3 Å². The van der Waals surface area contributed by atoms with Crippen LogP contribution in [0.5, 0.6) is 0 Å². The minimum absolute atomic E-state index is 0.284. The van der Waals surface area contributed by atoms with Crippen LogP contribution < -0.4 is 5.32 Å². The molecule has 1 aliphatic heterocycles. The fourth-order valence-electron chi connectivity index (χ4n) is 3.10. The Balaban J connectivity index is 1.51. The fourth-order valence-corrected chi connectivity index (χ4v) is 3.10. The highest BCUT2D eigenvalue weighted by Crippen LogP contribution is 2.32. The summed E-state index contributed by atoms with van der Waals surface area (Å²) in [6.45, 7) is 0.578. The molecule has 3 aromatic rings. The van der Waals surface area contributed by atoms with Crippen molar-refractivity contribution in [2.24, 2.45) is 0 Å². The monoisotopic (exact) mass is 352 g/mol. The Morgan fingerprint density at radius 1 is 1.19 bits per heavy atom. The van der Waals surface area contributed by atoms with Gasteiger partial charge in [-0.25, -0.2) is 9.18 Å². The van der Waals surface area contributed by atoms with Crippen LogP contribution in [-0.4, -0.2) is 27.6 Å². The maximum absolute atomic E-state index is 13.3. The van der Waals surface area contributed by atoms with Crippen molar-refractivity contribution in [2.45, 2.75) is 18.9 Å². The molecular formula is C19H17FN4O2. The van der Waals surface area contributed by atoms with Crippen molar-refractivity contribution in [1.82, 2.24) is 15.0 Å². The first kappa shape index (κ1) is 16.3. The lowest BCUT2D eigenvalue weighted by Crippen LogP contribution is -2.34. The number of aromatic nitrogens is 2. The van der Waals surface area contributed by atoms with Crippen LogP contribution in [0.4, 0.5) is 14.9 Å². The Morgan fingerprint density at radius 2 is 2.04 bits per heavy atom. The predicted molar refractivity (Wildman–Crippen MR) is 93.8 cm³/mol. The van der Waals surface area contributed by atoms with Crippen molar-refractivity contribution in [2.75, 3.05) is 11.9 Å². The fraction of sp³-hybridized carbons (Fsp3) is 0.211. The Bertz CT molecular complexity index is 913. The first-order valence-corrected chi connectivity index (χ1v) is 8.43. The summed E-state index contributed by atoms with van der Waals surface area (Å²) in [6.07, 6.45) is 1.58. The number of hydrogen-bond donors (Lipinski definition) is 1. The van der Waals surface area contributed by atoms with Crippen molar-refractivity contribution in [3.8, 4) is 11.4 Å². The number of anilines is 1. The summed E-state index contributed by atoms with van der Waals surface area (Å²) in [5.41, 5.74) is 1.27. The Morgan fingerprint density at radius 3 is 2.85 bits per heavy atom. The number of carbonyl (C=O) groups is 1. The average molecular weight is 352 g/mol. The molecule has 1 aliphatic rings. The van der Waals surface area contributed by atoms with E-state index in [9.17, 15) is 9.18 Å². The van der Waals surface area contributed by atoms with Gasteiger partial charge in [0.05, 0.1) is 0 Å². The van der Waals surface area contributed by atoms with Crippen LogP contribution in [0.15, 0.2) is 59.1 Å². The lowest BCUT2D eigenvalue weighted by Gasteiger charge is -2.22. The number of nitrogens with one attached hydrogen (secondary N) is 1. The third-order valence-electron chi connectivity index (χ3n) is 4.35. The molecule has 7 heteroatoms. The lowest BCUT2D eigenvalue weighted by molar-refractivity contribution is 0.193. The van der Waals surface area contributed by atoms with Gasteiger partial charge in [0.25, 0.3) is 0 Å². The van der Waals surface area contributed by atoms with Gasteiger partial charge in [-0.05, 0) is 31.0 Å². The second kappa shape index (κ2) is 6.95. The molecule has 1 fully saturated rings. The van der Waals surface area contributed by atoms with E-state index in [1.807, 2.05) is 30.3 Å². The van der Waals surface area contributed by atoms with Crippen molar-refractivity contribution >= 4 is 11.7 Å². The van der Waals surface area contributed by atoms with Crippen molar-refractivity contribution in [3.63, 3.8) is 0 Å².